The van der Waals surface area contributed by atoms with Crippen molar-refractivity contribution in [3.8, 4) is 0 Å². The van der Waals surface area contributed by atoms with Gasteiger partial charge in [0.05, 0.1) is 21.4 Å². The minimum atomic E-state index is -4.05. The summed E-state index contributed by atoms with van der Waals surface area (Å²) in [6.07, 6.45) is 3.54. The Hall–Kier alpha value is -1.86. The number of carbonyl (C=O) groups is 2. The summed E-state index contributed by atoms with van der Waals surface area (Å²) >= 11 is 7.58. The highest BCUT2D eigenvalue weighted by Gasteiger charge is 2.33. The molecular weight excluding hydrogens is 456 g/mol. The van der Waals surface area contributed by atoms with Gasteiger partial charge in [-0.25, -0.2) is 0 Å². The van der Waals surface area contributed by atoms with E-state index in [4.69, 9.17) is 21.9 Å². The van der Waals surface area contributed by atoms with Crippen LogP contribution in [0.3, 0.4) is 0 Å². The molecule has 1 amide bonds. The third kappa shape index (κ3) is 5.39. The number of thioether (sulfide) groups is 2. The highest BCUT2D eigenvalue weighted by Crippen LogP contribution is 2.46. The van der Waals surface area contributed by atoms with Gasteiger partial charge in [0.1, 0.15) is 10.9 Å². The first-order chi connectivity index (χ1) is 13.7. The van der Waals surface area contributed by atoms with E-state index in [1.54, 1.807) is 12.2 Å². The topological polar surface area (TPSA) is 115 Å². The second kappa shape index (κ2) is 8.88. The molecule has 8 nitrogen and oxygen atoms in total. The summed E-state index contributed by atoms with van der Waals surface area (Å²) < 4.78 is 31.2. The Morgan fingerprint density at radius 3 is 2.59 bits per heavy atom. The number of allylic oxidation sites excluding steroid dienone is 2. The van der Waals surface area contributed by atoms with Crippen molar-refractivity contribution < 1.29 is 27.7 Å². The van der Waals surface area contributed by atoms with Gasteiger partial charge in [-0.1, -0.05) is 47.9 Å². The van der Waals surface area contributed by atoms with Crippen molar-refractivity contribution in [3.63, 3.8) is 0 Å². The average Bonchev–Trinajstić information content (AvgIpc) is 3.11. The average molecular weight is 473 g/mol. The monoisotopic (exact) mass is 472 g/mol. The first-order valence-electron chi connectivity index (χ1n) is 8.33. The summed E-state index contributed by atoms with van der Waals surface area (Å²) in [6, 6.07) is 7.60. The summed E-state index contributed by atoms with van der Waals surface area (Å²) in [7, 11) is -4.05. The summed E-state index contributed by atoms with van der Waals surface area (Å²) in [6.45, 7) is -0.121. The third-order valence-electron chi connectivity index (χ3n) is 3.96. The molecule has 29 heavy (non-hydrogen) atoms. The number of benzene rings is 1. The molecule has 0 spiro atoms. The lowest BCUT2D eigenvalue weighted by Gasteiger charge is -2.19. The summed E-state index contributed by atoms with van der Waals surface area (Å²) in [5.74, 6) is -1.96. The van der Waals surface area contributed by atoms with Crippen LogP contribution in [-0.2, 0) is 19.7 Å². The Morgan fingerprint density at radius 1 is 1.17 bits per heavy atom. The molecule has 1 aromatic rings. The van der Waals surface area contributed by atoms with Crippen molar-refractivity contribution in [1.29, 1.82) is 0 Å². The normalized spacial score (nSPS) is 19.5. The van der Waals surface area contributed by atoms with Gasteiger partial charge in [-0.2, -0.15) is 8.42 Å². The number of amides is 1. The SMILES string of the molecule is O=C(O)CN1C(=O)C(=CC=C2Sc3ccccc3N2CCCS(=O)(=O)O)SC1=S. The first-order valence-corrected chi connectivity index (χ1v) is 12.0. The van der Waals surface area contributed by atoms with Crippen LogP contribution in [0.5, 0.6) is 0 Å². The standard InChI is InChI=1S/C17H16N2O6S4/c20-15(21)10-19-16(22)13(28-17(19)26)6-7-14-18(8-3-9-29(23,24)25)11-4-1-2-5-12(11)27-14/h1-2,4-7H,3,8-10H2,(H,20,21)(H,23,24,25). The van der Waals surface area contributed by atoms with Crippen LogP contribution >= 0.6 is 35.7 Å². The Bertz CT molecular complexity index is 1030. The second-order valence-corrected chi connectivity index (χ2v) is 10.4. The molecule has 0 atom stereocenters. The van der Waals surface area contributed by atoms with Gasteiger partial charge in [0, 0.05) is 11.4 Å². The Balaban J connectivity index is 1.81. The lowest BCUT2D eigenvalue weighted by atomic mass is 10.3. The van der Waals surface area contributed by atoms with E-state index < -0.39 is 28.5 Å². The molecule has 154 valence electrons. The molecule has 3 rings (SSSR count). The fourth-order valence-corrected chi connectivity index (χ4v) is 5.53. The maximum atomic E-state index is 12.4. The van der Waals surface area contributed by atoms with Crippen LogP contribution in [0.2, 0.25) is 0 Å². The van der Waals surface area contributed by atoms with Crippen LogP contribution in [0.25, 0.3) is 0 Å². The van der Waals surface area contributed by atoms with Gasteiger partial charge in [0.25, 0.3) is 16.0 Å². The molecule has 0 unspecified atom stereocenters. The van der Waals surface area contributed by atoms with Crippen molar-refractivity contribution in [2.45, 2.75) is 11.3 Å². The number of aliphatic carboxylic acids is 1. The van der Waals surface area contributed by atoms with Gasteiger partial charge in [-0.05, 0) is 30.7 Å². The quantitative estimate of drug-likeness (QED) is 0.348. The third-order valence-corrected chi connectivity index (χ3v) is 7.30. The van der Waals surface area contributed by atoms with E-state index in [-0.39, 0.29) is 16.5 Å². The summed E-state index contributed by atoms with van der Waals surface area (Å²) in [4.78, 5) is 27.5. The number of thiocarbonyl (C=S) groups is 1. The van der Waals surface area contributed by atoms with Crippen LogP contribution in [-0.4, -0.2) is 58.0 Å². The molecule has 0 radical (unpaired) electrons. The minimum Gasteiger partial charge on any atom is -0.480 e. The maximum absolute atomic E-state index is 12.4. The zero-order valence-corrected chi connectivity index (χ0v) is 18.1. The number of carboxylic acid groups (broad SMARTS) is 1. The van der Waals surface area contributed by atoms with E-state index in [2.05, 4.69) is 0 Å². The van der Waals surface area contributed by atoms with Crippen molar-refractivity contribution in [3.05, 3.63) is 46.4 Å². The lowest BCUT2D eigenvalue weighted by Crippen LogP contribution is -2.33. The van der Waals surface area contributed by atoms with E-state index in [1.807, 2.05) is 29.2 Å². The second-order valence-electron chi connectivity index (χ2n) is 6.05. The minimum absolute atomic E-state index is 0.189. The molecule has 2 N–H and O–H groups in total. The molecule has 1 saturated heterocycles. The number of carbonyl (C=O) groups excluding carboxylic acids is 1. The van der Waals surface area contributed by atoms with E-state index in [1.165, 1.54) is 11.8 Å². The lowest BCUT2D eigenvalue weighted by molar-refractivity contribution is -0.140. The van der Waals surface area contributed by atoms with E-state index >= 15 is 0 Å². The molecular formula is C17H16N2O6S4. The molecule has 0 saturated carbocycles. The Labute approximate surface area is 181 Å². The number of anilines is 1. The molecule has 1 fully saturated rings. The number of rotatable bonds is 7. The van der Waals surface area contributed by atoms with Crippen LogP contribution in [0.1, 0.15) is 6.42 Å². The molecule has 0 bridgehead atoms. The smallest absolute Gasteiger partial charge is 0.323 e. The molecule has 2 aliphatic rings. The van der Waals surface area contributed by atoms with Gasteiger partial charge in [0.2, 0.25) is 0 Å². The number of hydrogen-bond acceptors (Lipinski definition) is 8. The fraction of sp³-hybridized carbons (Fsp3) is 0.235. The molecule has 12 heteroatoms. The molecule has 0 aliphatic carbocycles. The largest absolute Gasteiger partial charge is 0.480 e. The zero-order chi connectivity index (χ0) is 21.2. The zero-order valence-electron chi connectivity index (χ0n) is 14.8. The number of fused-ring (bicyclic) bond motifs is 1. The number of hydrogen-bond donors (Lipinski definition) is 2. The number of para-hydroxylation sites is 1. The molecule has 2 aliphatic heterocycles. The van der Waals surface area contributed by atoms with Gasteiger partial charge in [-0.3, -0.25) is 19.0 Å². The van der Waals surface area contributed by atoms with Crippen LogP contribution in [0, 0.1) is 0 Å². The van der Waals surface area contributed by atoms with Gasteiger partial charge >= 0.3 is 5.97 Å². The molecule has 1 aromatic carbocycles. The summed E-state index contributed by atoms with van der Waals surface area (Å²) in [5.41, 5.74) is 0.908. The van der Waals surface area contributed by atoms with E-state index in [9.17, 15) is 18.0 Å². The van der Waals surface area contributed by atoms with Crippen molar-refractivity contribution in [2.75, 3.05) is 23.7 Å². The van der Waals surface area contributed by atoms with Crippen molar-refractivity contribution in [1.82, 2.24) is 4.90 Å². The Kier molecular flexibility index (Phi) is 6.69. The highest BCUT2D eigenvalue weighted by atomic mass is 32.2. The van der Waals surface area contributed by atoms with E-state index in [0.717, 1.165) is 32.3 Å². The highest BCUT2D eigenvalue weighted by molar-refractivity contribution is 8.26. The molecule has 0 aromatic heterocycles. The van der Waals surface area contributed by atoms with Crippen molar-refractivity contribution >= 4 is 67.7 Å². The maximum Gasteiger partial charge on any atom is 0.323 e. The van der Waals surface area contributed by atoms with Crippen LogP contribution < -0.4 is 4.90 Å². The number of nitrogens with zero attached hydrogens (tertiary/aromatic N) is 2. The van der Waals surface area contributed by atoms with Gasteiger partial charge in [-0.15, -0.1) is 0 Å². The first kappa shape index (κ1) is 21.8. The van der Waals surface area contributed by atoms with Crippen LogP contribution in [0.4, 0.5) is 5.69 Å². The van der Waals surface area contributed by atoms with E-state index in [0.29, 0.717) is 11.4 Å². The van der Waals surface area contributed by atoms with Gasteiger partial charge in [0.15, 0.2) is 0 Å². The fourth-order valence-electron chi connectivity index (χ4n) is 2.75. The predicted octanol–water partition coefficient (Wildman–Crippen LogP) is 2.55. The number of carboxylic acids is 1. The van der Waals surface area contributed by atoms with Crippen LogP contribution in [0.15, 0.2) is 51.2 Å². The van der Waals surface area contributed by atoms with Crippen molar-refractivity contribution in [2.24, 2.45) is 0 Å². The predicted molar refractivity (Wildman–Crippen MR) is 116 cm³/mol. The molecule has 2 heterocycles. The Morgan fingerprint density at radius 2 is 1.90 bits per heavy atom. The summed E-state index contributed by atoms with van der Waals surface area (Å²) in [5, 5.41) is 9.69. The van der Waals surface area contributed by atoms with Gasteiger partial charge < -0.3 is 10.0 Å².